The van der Waals surface area contributed by atoms with Crippen LogP contribution in [0, 0.1) is 48.3 Å². The Morgan fingerprint density at radius 3 is 2.58 bits per heavy atom. The zero-order valence-electron chi connectivity index (χ0n) is 19.9. The molecule has 1 N–H and O–H groups in total. The molecule has 0 heterocycles. The van der Waals surface area contributed by atoms with Gasteiger partial charge in [-0.15, -0.1) is 12.3 Å². The number of terminal acetylenes is 1. The van der Waals surface area contributed by atoms with Gasteiger partial charge in [0.15, 0.2) is 5.78 Å². The van der Waals surface area contributed by atoms with Crippen molar-refractivity contribution >= 4 is 5.78 Å². The molecule has 0 aromatic heterocycles. The summed E-state index contributed by atoms with van der Waals surface area (Å²) in [7, 11) is 0. The molecule has 3 heteroatoms. The highest BCUT2D eigenvalue weighted by Gasteiger charge is 2.56. The molecule has 3 fully saturated rings. The Balaban J connectivity index is 0.000000406. The molecular weight excluding hydrogens is 411 g/mol. The van der Waals surface area contributed by atoms with Crippen LogP contribution in [0.15, 0.2) is 41.0 Å². The number of rotatable bonds is 1. The van der Waals surface area contributed by atoms with E-state index in [9.17, 15) is 14.3 Å². The molecule has 33 heavy (non-hydrogen) atoms. The maximum absolute atomic E-state index is 14.5. The highest BCUT2D eigenvalue weighted by Crippen LogP contribution is 2.63. The third-order valence-electron chi connectivity index (χ3n) is 9.09. The van der Waals surface area contributed by atoms with Gasteiger partial charge in [0.05, 0.1) is 6.10 Å². The molecule has 6 rings (SSSR count). The van der Waals surface area contributed by atoms with E-state index in [1.165, 1.54) is 29.6 Å². The average molecular weight is 447 g/mol. The molecular formula is C30H35FO2. The van der Waals surface area contributed by atoms with Gasteiger partial charge in [0, 0.05) is 18.3 Å². The van der Waals surface area contributed by atoms with Crippen LogP contribution in [0.2, 0.25) is 0 Å². The average Bonchev–Trinajstić information content (AvgIpc) is 3.59. The second-order valence-electron chi connectivity index (χ2n) is 11.1. The largest absolute Gasteiger partial charge is 0.393 e. The molecule has 5 aliphatic carbocycles. The molecule has 5 atom stereocenters. The predicted molar refractivity (Wildman–Crippen MR) is 129 cm³/mol. The van der Waals surface area contributed by atoms with Crippen LogP contribution in [0.4, 0.5) is 4.39 Å². The minimum atomic E-state index is -0.272. The molecule has 5 unspecified atom stereocenters. The fourth-order valence-electron chi connectivity index (χ4n) is 7.01. The van der Waals surface area contributed by atoms with Gasteiger partial charge >= 0.3 is 0 Å². The Labute approximate surface area is 197 Å². The highest BCUT2D eigenvalue weighted by atomic mass is 19.1. The van der Waals surface area contributed by atoms with E-state index in [4.69, 9.17) is 6.42 Å². The molecule has 0 aliphatic heterocycles. The molecule has 2 nitrogen and oxygen atoms in total. The second kappa shape index (κ2) is 8.55. The molecule has 5 aliphatic rings. The normalized spacial score (nSPS) is 34.9. The number of aryl methyl sites for hydroxylation is 1. The molecule has 0 amide bonds. The van der Waals surface area contributed by atoms with Crippen molar-refractivity contribution in [2.45, 2.75) is 83.7 Å². The maximum Gasteiger partial charge on any atom is 0.156 e. The van der Waals surface area contributed by atoms with Gasteiger partial charge in [-0.2, -0.15) is 0 Å². The van der Waals surface area contributed by atoms with Crippen molar-refractivity contribution in [1.82, 2.24) is 0 Å². The first-order chi connectivity index (χ1) is 15.8. The zero-order valence-corrected chi connectivity index (χ0v) is 19.9. The Hall–Kier alpha value is -2.18. The Kier molecular flexibility index (Phi) is 5.86. The lowest BCUT2D eigenvalue weighted by Gasteiger charge is -2.52. The molecule has 0 saturated heterocycles. The number of allylic oxidation sites excluding steroid dienone is 4. The van der Waals surface area contributed by atoms with E-state index in [0.29, 0.717) is 29.7 Å². The van der Waals surface area contributed by atoms with Crippen LogP contribution < -0.4 is 0 Å². The number of fused-ring (bicyclic) bond motifs is 4. The molecule has 0 spiro atoms. The summed E-state index contributed by atoms with van der Waals surface area (Å²) >= 11 is 0. The first-order valence-corrected chi connectivity index (χ1v) is 12.7. The van der Waals surface area contributed by atoms with Crippen LogP contribution in [-0.2, 0) is 4.79 Å². The first-order valence-electron chi connectivity index (χ1n) is 12.7. The number of benzene rings is 1. The van der Waals surface area contributed by atoms with Crippen molar-refractivity contribution in [2.75, 3.05) is 0 Å². The van der Waals surface area contributed by atoms with E-state index in [0.717, 1.165) is 44.1 Å². The monoisotopic (exact) mass is 446 g/mol. The van der Waals surface area contributed by atoms with Gasteiger partial charge in [-0.25, -0.2) is 4.39 Å². The highest BCUT2D eigenvalue weighted by molar-refractivity contribution is 5.93. The number of ketones is 1. The van der Waals surface area contributed by atoms with Gasteiger partial charge in [0.1, 0.15) is 5.82 Å². The van der Waals surface area contributed by atoms with E-state index < -0.39 is 0 Å². The van der Waals surface area contributed by atoms with Crippen molar-refractivity contribution in [2.24, 2.45) is 23.2 Å². The van der Waals surface area contributed by atoms with Gasteiger partial charge in [-0.05, 0) is 110 Å². The molecule has 1 aromatic carbocycles. The number of carbonyl (C=O) groups is 1. The fraction of sp³-hybridized carbons (Fsp3) is 0.567. The summed E-state index contributed by atoms with van der Waals surface area (Å²) in [6.07, 6.45) is 15.4. The van der Waals surface area contributed by atoms with Crippen molar-refractivity contribution in [3.63, 3.8) is 0 Å². The van der Waals surface area contributed by atoms with Crippen molar-refractivity contribution in [1.29, 1.82) is 0 Å². The van der Waals surface area contributed by atoms with Crippen LogP contribution >= 0.6 is 0 Å². The molecule has 3 saturated carbocycles. The minimum absolute atomic E-state index is 0.105. The summed E-state index contributed by atoms with van der Waals surface area (Å²) in [4.78, 5) is 12.0. The Morgan fingerprint density at radius 1 is 1.12 bits per heavy atom. The smallest absolute Gasteiger partial charge is 0.156 e. The Morgan fingerprint density at radius 2 is 1.91 bits per heavy atom. The second-order valence-corrected chi connectivity index (χ2v) is 11.1. The minimum Gasteiger partial charge on any atom is -0.393 e. The fourth-order valence-corrected chi connectivity index (χ4v) is 7.01. The summed E-state index contributed by atoms with van der Waals surface area (Å²) in [6, 6.07) is 5.67. The van der Waals surface area contributed by atoms with E-state index in [2.05, 4.69) is 18.9 Å². The van der Waals surface area contributed by atoms with E-state index >= 15 is 0 Å². The van der Waals surface area contributed by atoms with Gasteiger partial charge in [-0.1, -0.05) is 24.6 Å². The zero-order chi connectivity index (χ0) is 23.3. The predicted octanol–water partition coefficient (Wildman–Crippen LogP) is 6.42. The summed E-state index contributed by atoms with van der Waals surface area (Å²) in [6.45, 7) is 4.06. The standard InChI is InChI=1S/C25H29FO2.C5H6/c1-14-3-4-16(12-22(14)26)20-13-25(2)21(9-10-23(25)28)19-7-5-15-11-17(27)6-8-18(15)24(19)20;1-2-5-3-4-5/h3-4,11-12,19-21,23,28H,5-10,13H2,1-2H3;1,5H,3-4H2. The molecule has 174 valence electrons. The van der Waals surface area contributed by atoms with Gasteiger partial charge < -0.3 is 5.11 Å². The van der Waals surface area contributed by atoms with Crippen LogP contribution in [0.5, 0.6) is 0 Å². The summed E-state index contributed by atoms with van der Waals surface area (Å²) < 4.78 is 14.5. The summed E-state index contributed by atoms with van der Waals surface area (Å²) in [5, 5.41) is 10.9. The number of hydrogen-bond donors (Lipinski definition) is 1. The van der Waals surface area contributed by atoms with Crippen molar-refractivity contribution < 1.29 is 14.3 Å². The lowest BCUT2D eigenvalue weighted by Crippen LogP contribution is -2.45. The van der Waals surface area contributed by atoms with E-state index in [1.807, 2.05) is 12.1 Å². The SMILES string of the molecule is C#CC1CC1.Cc1ccc(C2CC3(C)C(O)CCC3C3CCC4=CC(=O)CCC4=C23)cc1F. The molecule has 1 aromatic rings. The molecule has 0 radical (unpaired) electrons. The maximum atomic E-state index is 14.5. The van der Waals surface area contributed by atoms with E-state index in [1.54, 1.807) is 13.0 Å². The van der Waals surface area contributed by atoms with E-state index in [-0.39, 0.29) is 29.0 Å². The van der Waals surface area contributed by atoms with Crippen LogP contribution in [0.25, 0.3) is 0 Å². The van der Waals surface area contributed by atoms with Gasteiger partial charge in [-0.3, -0.25) is 4.79 Å². The number of aliphatic hydroxyl groups is 1. The number of aliphatic hydroxyl groups excluding tert-OH is 1. The van der Waals surface area contributed by atoms with Crippen molar-refractivity contribution in [3.8, 4) is 12.3 Å². The lowest BCUT2D eigenvalue weighted by molar-refractivity contribution is -0.114. The third kappa shape index (κ3) is 4.01. The quantitative estimate of drug-likeness (QED) is 0.505. The number of halogens is 1. The molecule has 0 bridgehead atoms. The van der Waals surface area contributed by atoms with Crippen LogP contribution in [0.1, 0.15) is 81.8 Å². The van der Waals surface area contributed by atoms with Crippen LogP contribution in [0.3, 0.4) is 0 Å². The topological polar surface area (TPSA) is 37.3 Å². The summed E-state index contributed by atoms with van der Waals surface area (Å²) in [5.74, 6) is 4.48. The first kappa shape index (κ1) is 22.6. The number of carbonyl (C=O) groups excluding carboxylic acids is 1. The van der Waals surface area contributed by atoms with Crippen molar-refractivity contribution in [3.05, 3.63) is 57.9 Å². The number of hydrogen-bond acceptors (Lipinski definition) is 2. The third-order valence-corrected chi connectivity index (χ3v) is 9.09. The summed E-state index contributed by atoms with van der Waals surface area (Å²) in [5.41, 5.74) is 5.67. The van der Waals surface area contributed by atoms with Crippen LogP contribution in [-0.4, -0.2) is 17.0 Å². The van der Waals surface area contributed by atoms with Gasteiger partial charge in [0.25, 0.3) is 0 Å². The lowest BCUT2D eigenvalue weighted by atomic mass is 9.53. The van der Waals surface area contributed by atoms with Gasteiger partial charge in [0.2, 0.25) is 0 Å². The Bertz CT molecular complexity index is 1070.